The second-order valence-electron chi connectivity index (χ2n) is 11.1. The minimum Gasteiger partial charge on any atom is -0.478 e. The number of hydrogen-bond acceptors (Lipinski definition) is 5. The number of carboxylic acids is 1. The molecule has 214 valence electrons. The molecule has 0 spiro atoms. The van der Waals surface area contributed by atoms with Crippen LogP contribution in [0.5, 0.6) is 0 Å². The Morgan fingerprint density at radius 1 is 1.05 bits per heavy atom. The summed E-state index contributed by atoms with van der Waals surface area (Å²) in [7, 11) is -2.53. The van der Waals surface area contributed by atoms with Crippen LogP contribution in [0.1, 0.15) is 41.8 Å². The van der Waals surface area contributed by atoms with Gasteiger partial charge in [-0.15, -0.1) is 0 Å². The van der Waals surface area contributed by atoms with Crippen LogP contribution < -0.4 is 5.32 Å². The summed E-state index contributed by atoms with van der Waals surface area (Å²) < 4.78 is 27.8. The maximum atomic E-state index is 13.4. The SMILES string of the molecule is CN(CC(O)CNC(C)(C)CC1Cc2ccccc2C1)S(=O)(=O)c1cccc(-c2c(Cl)cc(C(=O)O)cc2Cl)c1. The minimum atomic E-state index is -3.95. The Labute approximate surface area is 245 Å². The average Bonchev–Trinajstić information content (AvgIpc) is 3.28. The fourth-order valence-electron chi connectivity index (χ4n) is 5.41. The molecule has 10 heteroatoms. The van der Waals surface area contributed by atoms with Crippen LogP contribution in [0.25, 0.3) is 11.1 Å². The first-order valence-corrected chi connectivity index (χ1v) is 15.3. The highest BCUT2D eigenvalue weighted by Gasteiger charge is 2.29. The Kier molecular flexibility index (Phi) is 9.29. The van der Waals surface area contributed by atoms with Crippen molar-refractivity contribution < 1.29 is 23.4 Å². The zero-order chi connectivity index (χ0) is 29.2. The highest BCUT2D eigenvalue weighted by molar-refractivity contribution is 7.89. The zero-order valence-corrected chi connectivity index (χ0v) is 25.0. The summed E-state index contributed by atoms with van der Waals surface area (Å²) in [5.41, 5.74) is 3.28. The van der Waals surface area contributed by atoms with Crippen molar-refractivity contribution in [2.24, 2.45) is 5.92 Å². The van der Waals surface area contributed by atoms with E-state index in [1.807, 2.05) is 0 Å². The number of sulfonamides is 1. The Balaban J connectivity index is 1.38. The van der Waals surface area contributed by atoms with Crippen molar-refractivity contribution in [3.05, 3.63) is 87.4 Å². The van der Waals surface area contributed by atoms with Gasteiger partial charge in [0.15, 0.2) is 0 Å². The van der Waals surface area contributed by atoms with Gasteiger partial charge in [-0.3, -0.25) is 0 Å². The van der Waals surface area contributed by atoms with Crippen molar-refractivity contribution in [2.45, 2.75) is 49.6 Å². The van der Waals surface area contributed by atoms with Crippen LogP contribution in [-0.4, -0.2) is 60.7 Å². The molecule has 3 aromatic rings. The molecule has 40 heavy (non-hydrogen) atoms. The lowest BCUT2D eigenvalue weighted by molar-refractivity contribution is 0.0697. The van der Waals surface area contributed by atoms with E-state index in [1.165, 1.54) is 42.4 Å². The molecule has 0 amide bonds. The van der Waals surface area contributed by atoms with Crippen LogP contribution in [0.3, 0.4) is 0 Å². The van der Waals surface area contributed by atoms with Gasteiger partial charge in [0.2, 0.25) is 10.0 Å². The molecule has 0 fully saturated rings. The molecule has 3 N–H and O–H groups in total. The first-order valence-electron chi connectivity index (χ1n) is 13.1. The lowest BCUT2D eigenvalue weighted by Crippen LogP contribution is -2.47. The van der Waals surface area contributed by atoms with Gasteiger partial charge in [0.05, 0.1) is 26.6 Å². The Bertz CT molecular complexity index is 1460. The molecule has 0 saturated heterocycles. The Morgan fingerprint density at radius 3 is 2.23 bits per heavy atom. The van der Waals surface area contributed by atoms with Crippen LogP contribution in [-0.2, 0) is 22.9 Å². The van der Waals surface area contributed by atoms with Crippen molar-refractivity contribution in [3.8, 4) is 11.1 Å². The lowest BCUT2D eigenvalue weighted by Gasteiger charge is -2.31. The number of rotatable bonds is 11. The third kappa shape index (κ3) is 7.05. The van der Waals surface area contributed by atoms with Gasteiger partial charge in [-0.05, 0) is 80.0 Å². The molecule has 1 aliphatic rings. The predicted octanol–water partition coefficient (Wildman–Crippen LogP) is 5.51. The van der Waals surface area contributed by atoms with Crippen molar-refractivity contribution in [1.29, 1.82) is 0 Å². The minimum absolute atomic E-state index is 0.00299. The molecule has 3 aromatic carbocycles. The van der Waals surface area contributed by atoms with Gasteiger partial charge in [0, 0.05) is 31.2 Å². The molecular formula is C30H34Cl2N2O5S. The molecule has 0 heterocycles. The number of likely N-dealkylation sites (N-methyl/N-ethyl adjacent to an activating group) is 1. The maximum Gasteiger partial charge on any atom is 0.335 e. The summed E-state index contributed by atoms with van der Waals surface area (Å²) in [4.78, 5) is 11.3. The van der Waals surface area contributed by atoms with Gasteiger partial charge in [0.1, 0.15) is 0 Å². The number of nitrogens with zero attached hydrogens (tertiary/aromatic N) is 1. The highest BCUT2D eigenvalue weighted by atomic mass is 35.5. The monoisotopic (exact) mass is 604 g/mol. The van der Waals surface area contributed by atoms with Crippen molar-refractivity contribution >= 4 is 39.2 Å². The van der Waals surface area contributed by atoms with E-state index in [9.17, 15) is 23.4 Å². The van der Waals surface area contributed by atoms with Crippen LogP contribution in [0, 0.1) is 5.92 Å². The largest absolute Gasteiger partial charge is 0.478 e. The molecule has 1 aliphatic carbocycles. The topological polar surface area (TPSA) is 107 Å². The maximum absolute atomic E-state index is 13.4. The van der Waals surface area contributed by atoms with Gasteiger partial charge in [-0.2, -0.15) is 4.31 Å². The number of fused-ring (bicyclic) bond motifs is 1. The molecule has 0 radical (unpaired) electrons. The third-order valence-electron chi connectivity index (χ3n) is 7.34. The number of carbonyl (C=O) groups is 1. The van der Waals surface area contributed by atoms with Crippen LogP contribution in [0.2, 0.25) is 10.0 Å². The number of hydrogen-bond donors (Lipinski definition) is 3. The molecule has 1 unspecified atom stereocenters. The van der Waals surface area contributed by atoms with Gasteiger partial charge in [-0.1, -0.05) is 59.6 Å². The molecule has 1 atom stereocenters. The number of nitrogens with one attached hydrogen (secondary N) is 1. The van der Waals surface area contributed by atoms with Crippen molar-refractivity contribution in [3.63, 3.8) is 0 Å². The summed E-state index contributed by atoms with van der Waals surface area (Å²) in [5, 5.41) is 23.6. The summed E-state index contributed by atoms with van der Waals surface area (Å²) >= 11 is 12.6. The summed E-state index contributed by atoms with van der Waals surface area (Å²) in [6.45, 7) is 4.36. The first kappa shape index (κ1) is 30.5. The van der Waals surface area contributed by atoms with E-state index < -0.39 is 22.1 Å². The number of aliphatic hydroxyl groups excluding tert-OH is 1. The van der Waals surface area contributed by atoms with Gasteiger partial charge >= 0.3 is 5.97 Å². The van der Waals surface area contributed by atoms with E-state index in [4.69, 9.17) is 23.2 Å². The normalized spacial score (nSPS) is 14.9. The zero-order valence-electron chi connectivity index (χ0n) is 22.7. The smallest absolute Gasteiger partial charge is 0.335 e. The van der Waals surface area contributed by atoms with E-state index >= 15 is 0 Å². The summed E-state index contributed by atoms with van der Waals surface area (Å²) in [6, 6.07) is 17.2. The number of carboxylic acid groups (broad SMARTS) is 1. The second-order valence-corrected chi connectivity index (χ2v) is 14.0. The average molecular weight is 606 g/mol. The highest BCUT2D eigenvalue weighted by Crippen LogP contribution is 2.37. The van der Waals surface area contributed by atoms with E-state index in [2.05, 4.69) is 43.4 Å². The fraction of sp³-hybridized carbons (Fsp3) is 0.367. The van der Waals surface area contributed by atoms with Gasteiger partial charge < -0.3 is 15.5 Å². The molecule has 0 saturated carbocycles. The molecule has 0 aromatic heterocycles. The third-order valence-corrected chi connectivity index (χ3v) is 9.75. The standard InChI is InChI=1S/C30H34Cl2N2O5S/c1-30(2,16-19-11-20-7-4-5-8-21(20)12-19)33-17-24(35)18-34(3)40(38,39)25-10-6-9-22(13-25)28-26(31)14-23(29(36)37)15-27(28)32/h4-10,13-15,19,24,33,35H,11-12,16-18H2,1-3H3,(H,36,37). The number of aliphatic hydroxyl groups is 1. The van der Waals surface area contributed by atoms with Crippen LogP contribution in [0.4, 0.5) is 0 Å². The molecule has 0 bridgehead atoms. The van der Waals surface area contributed by atoms with E-state index in [0.717, 1.165) is 23.6 Å². The van der Waals surface area contributed by atoms with E-state index in [1.54, 1.807) is 12.1 Å². The predicted molar refractivity (Wildman–Crippen MR) is 159 cm³/mol. The molecular weight excluding hydrogens is 571 g/mol. The van der Waals surface area contributed by atoms with E-state index in [-0.39, 0.29) is 39.1 Å². The second kappa shape index (κ2) is 12.2. The molecule has 0 aliphatic heterocycles. The lowest BCUT2D eigenvalue weighted by atomic mass is 9.88. The Morgan fingerprint density at radius 2 is 1.65 bits per heavy atom. The van der Waals surface area contributed by atoms with Gasteiger partial charge in [0.25, 0.3) is 0 Å². The molecule has 4 rings (SSSR count). The number of β-amino-alcohol motifs (C(OH)–C–C–N with tert-alkyl or cyclic N) is 1. The summed E-state index contributed by atoms with van der Waals surface area (Å²) in [6.07, 6.45) is 2.11. The fourth-order valence-corrected chi connectivity index (χ4v) is 7.37. The van der Waals surface area contributed by atoms with Gasteiger partial charge in [-0.25, -0.2) is 13.2 Å². The number of benzene rings is 3. The quantitative estimate of drug-likeness (QED) is 0.266. The first-order chi connectivity index (χ1) is 18.8. The molecule has 7 nitrogen and oxygen atoms in total. The van der Waals surface area contributed by atoms with Crippen molar-refractivity contribution in [2.75, 3.05) is 20.1 Å². The Hall–Kier alpha value is -2.46. The number of halogens is 2. The summed E-state index contributed by atoms with van der Waals surface area (Å²) in [5.74, 6) is -0.649. The van der Waals surface area contributed by atoms with Crippen LogP contribution >= 0.6 is 23.2 Å². The number of aromatic carboxylic acids is 1. The van der Waals surface area contributed by atoms with Crippen LogP contribution in [0.15, 0.2) is 65.6 Å². The van der Waals surface area contributed by atoms with E-state index in [0.29, 0.717) is 17.0 Å². The van der Waals surface area contributed by atoms with Crippen molar-refractivity contribution in [1.82, 2.24) is 9.62 Å².